The van der Waals surface area contributed by atoms with Gasteiger partial charge in [0.15, 0.2) is 0 Å². The Labute approximate surface area is 266 Å². The number of rotatable bonds is 19. The van der Waals surface area contributed by atoms with Gasteiger partial charge >= 0.3 is 24.1 Å². The number of anilines is 2. The molecule has 0 heterocycles. The smallest absolute Gasteiger partial charge is 0.407 e. The summed E-state index contributed by atoms with van der Waals surface area (Å²) in [7, 11) is -7.32. The van der Waals surface area contributed by atoms with Crippen LogP contribution in [-0.4, -0.2) is 96.0 Å². The van der Waals surface area contributed by atoms with Crippen LogP contribution in [0.15, 0.2) is 48.5 Å². The minimum Gasteiger partial charge on any atom is -0.481 e. The zero-order valence-corrected chi connectivity index (χ0v) is 26.6. The molecule has 17 nitrogen and oxygen atoms in total. The number of amides is 3. The molecule has 0 bridgehead atoms. The Morgan fingerprint density at radius 1 is 0.826 bits per heavy atom. The minimum absolute atomic E-state index is 0.0897. The molecule has 5 N–H and O–H groups in total. The van der Waals surface area contributed by atoms with Crippen molar-refractivity contribution in [2.24, 2.45) is 0 Å². The van der Waals surface area contributed by atoms with E-state index in [2.05, 4.69) is 16.0 Å². The van der Waals surface area contributed by atoms with Gasteiger partial charge in [0.1, 0.15) is 12.6 Å². The normalized spacial score (nSPS) is 12.0. The summed E-state index contributed by atoms with van der Waals surface area (Å²) in [4.78, 5) is 47.9. The van der Waals surface area contributed by atoms with Crippen molar-refractivity contribution >= 4 is 55.7 Å². The van der Waals surface area contributed by atoms with E-state index in [0.29, 0.717) is 22.5 Å². The van der Waals surface area contributed by atoms with E-state index in [1.807, 2.05) is 0 Å². The number of carbonyl (C=O) groups is 4. The average Bonchev–Trinajstić information content (AvgIpc) is 2.96. The second kappa shape index (κ2) is 17.9. The van der Waals surface area contributed by atoms with Crippen molar-refractivity contribution in [3.05, 3.63) is 59.7 Å². The second-order valence-corrected chi connectivity index (χ2v) is 13.0. The summed E-state index contributed by atoms with van der Waals surface area (Å²) in [6.45, 7) is -0.0270. The monoisotopic (exact) mass is 688 g/mol. The van der Waals surface area contributed by atoms with E-state index in [9.17, 15) is 36.0 Å². The molecule has 46 heavy (non-hydrogen) atoms. The van der Waals surface area contributed by atoms with Crippen LogP contribution in [0.5, 0.6) is 0 Å². The number of carbonyl (C=O) groups excluding carboxylic acids is 2. The van der Waals surface area contributed by atoms with E-state index in [-0.39, 0.29) is 45.9 Å². The van der Waals surface area contributed by atoms with E-state index in [1.54, 1.807) is 41.3 Å². The maximum atomic E-state index is 12.2. The summed E-state index contributed by atoms with van der Waals surface area (Å²) in [5.74, 6) is -2.55. The lowest BCUT2D eigenvalue weighted by Crippen LogP contribution is -2.43. The predicted octanol–water partition coefficient (Wildman–Crippen LogP) is 1.31. The molecule has 2 aromatic rings. The van der Waals surface area contributed by atoms with Gasteiger partial charge in [0, 0.05) is 37.4 Å². The molecule has 2 rings (SSSR count). The van der Waals surface area contributed by atoms with Crippen molar-refractivity contribution in [1.29, 1.82) is 0 Å². The summed E-state index contributed by atoms with van der Waals surface area (Å²) in [5, 5.41) is 25.1. The number of carboxylic acids is 2. The molecule has 0 aliphatic rings. The van der Waals surface area contributed by atoms with Crippen LogP contribution in [0.4, 0.5) is 21.0 Å². The van der Waals surface area contributed by atoms with Crippen LogP contribution in [0, 0.1) is 0 Å². The molecule has 3 amide bonds. The van der Waals surface area contributed by atoms with Gasteiger partial charge in [0.2, 0.25) is 0 Å². The van der Waals surface area contributed by atoms with Crippen LogP contribution >= 0.6 is 0 Å². The number of nitrogens with zero attached hydrogens (tertiary/aromatic N) is 1. The summed E-state index contributed by atoms with van der Waals surface area (Å²) < 4.78 is 59.9. The number of nitrogens with one attached hydrogen (secondary N) is 3. The zero-order chi connectivity index (χ0) is 34.3. The summed E-state index contributed by atoms with van der Waals surface area (Å²) >= 11 is 0. The fraction of sp³-hybridized carbons (Fsp3) is 0.407. The van der Waals surface area contributed by atoms with Gasteiger partial charge in [-0.1, -0.05) is 24.3 Å². The standard InChI is InChI=1S/C27H36N4O13S2/c1-45(38,39)43-15-13-31(14-16-44-46(2,40)41)22-9-5-19(6-10-22)17-28-27(37)42-18-20-3-7-21(8-4-20)29-26(36)30-23(25(34)35)11-12-24(32)33/h3-10,23H,11-18H2,1-2H3,(H,28,37)(H,32,33)(H,34,35)(H2,29,30,36)/t23-/m0/s1. The summed E-state index contributed by atoms with van der Waals surface area (Å²) in [5.41, 5.74) is 2.26. The maximum Gasteiger partial charge on any atom is 0.407 e. The molecular formula is C27H36N4O13S2. The van der Waals surface area contributed by atoms with Gasteiger partial charge in [-0.15, -0.1) is 0 Å². The first-order chi connectivity index (χ1) is 21.5. The fourth-order valence-electron chi connectivity index (χ4n) is 3.70. The van der Waals surface area contributed by atoms with Crippen molar-refractivity contribution in [2.75, 3.05) is 49.0 Å². The van der Waals surface area contributed by atoms with E-state index in [0.717, 1.165) is 12.5 Å². The van der Waals surface area contributed by atoms with Crippen molar-refractivity contribution in [2.45, 2.75) is 32.0 Å². The fourth-order valence-corrected chi connectivity index (χ4v) is 4.46. The third-order valence-corrected chi connectivity index (χ3v) is 7.08. The zero-order valence-electron chi connectivity index (χ0n) is 25.0. The highest BCUT2D eigenvalue weighted by molar-refractivity contribution is 7.86. The van der Waals surface area contributed by atoms with Gasteiger partial charge in [-0.05, 0) is 41.8 Å². The second-order valence-electron chi connectivity index (χ2n) is 9.75. The Morgan fingerprint density at radius 3 is 1.87 bits per heavy atom. The van der Waals surface area contributed by atoms with Crippen molar-refractivity contribution in [3.63, 3.8) is 0 Å². The van der Waals surface area contributed by atoms with Gasteiger partial charge in [0.25, 0.3) is 20.2 Å². The summed E-state index contributed by atoms with van der Waals surface area (Å²) in [6.07, 6.45) is 0.430. The molecule has 1 atom stereocenters. The first-order valence-corrected chi connectivity index (χ1v) is 17.2. The van der Waals surface area contributed by atoms with Gasteiger partial charge in [-0.25, -0.2) is 14.4 Å². The Balaban J connectivity index is 1.83. The van der Waals surface area contributed by atoms with Gasteiger partial charge in [-0.2, -0.15) is 16.8 Å². The van der Waals surface area contributed by atoms with Crippen LogP contribution in [0.25, 0.3) is 0 Å². The van der Waals surface area contributed by atoms with E-state index in [1.165, 1.54) is 12.1 Å². The molecule has 0 fully saturated rings. The van der Waals surface area contributed by atoms with Crippen LogP contribution in [0.1, 0.15) is 24.0 Å². The molecule has 254 valence electrons. The van der Waals surface area contributed by atoms with Crippen LogP contribution in [0.3, 0.4) is 0 Å². The molecule has 0 saturated carbocycles. The lowest BCUT2D eigenvalue weighted by molar-refractivity contribution is -0.140. The molecule has 2 aromatic carbocycles. The number of carboxylic acid groups (broad SMARTS) is 2. The average molecular weight is 689 g/mol. The number of ether oxygens (including phenoxy) is 1. The molecule has 0 spiro atoms. The minimum atomic E-state index is -3.66. The number of urea groups is 1. The Hall–Kier alpha value is -4.46. The highest BCUT2D eigenvalue weighted by Gasteiger charge is 2.21. The molecule has 0 unspecified atom stereocenters. The Kier molecular flexibility index (Phi) is 14.7. The molecule has 0 radical (unpaired) electrons. The number of hydrogen-bond acceptors (Lipinski definition) is 12. The number of aliphatic carboxylic acids is 2. The van der Waals surface area contributed by atoms with Gasteiger partial charge in [0.05, 0.1) is 25.7 Å². The number of benzene rings is 2. The third kappa shape index (κ3) is 16.0. The SMILES string of the molecule is CS(=O)(=O)OCCN(CCOS(C)(=O)=O)c1ccc(CNC(=O)OCc2ccc(NC(=O)N[C@@H](CCC(=O)O)C(=O)O)cc2)cc1. The van der Waals surface area contributed by atoms with Crippen LogP contribution < -0.4 is 20.9 Å². The lowest BCUT2D eigenvalue weighted by atomic mass is 10.1. The predicted molar refractivity (Wildman–Crippen MR) is 164 cm³/mol. The lowest BCUT2D eigenvalue weighted by Gasteiger charge is -2.24. The Morgan fingerprint density at radius 2 is 1.37 bits per heavy atom. The molecule has 19 heteroatoms. The number of hydrogen-bond donors (Lipinski definition) is 5. The topological polar surface area (TPSA) is 244 Å². The molecular weight excluding hydrogens is 652 g/mol. The third-order valence-electron chi connectivity index (χ3n) is 5.89. The van der Waals surface area contributed by atoms with E-state index in [4.69, 9.17) is 23.3 Å². The molecule has 0 saturated heterocycles. The van der Waals surface area contributed by atoms with Crippen molar-refractivity contribution < 1.29 is 59.3 Å². The molecule has 0 aliphatic carbocycles. The first kappa shape index (κ1) is 37.7. The van der Waals surface area contributed by atoms with Crippen molar-refractivity contribution in [1.82, 2.24) is 10.6 Å². The quantitative estimate of drug-likeness (QED) is 0.131. The largest absolute Gasteiger partial charge is 0.481 e. The van der Waals surface area contributed by atoms with Gasteiger partial charge < -0.3 is 35.8 Å². The van der Waals surface area contributed by atoms with Crippen LogP contribution in [0.2, 0.25) is 0 Å². The molecule has 0 aliphatic heterocycles. The first-order valence-electron chi connectivity index (χ1n) is 13.5. The van der Waals surface area contributed by atoms with Gasteiger partial charge in [-0.3, -0.25) is 13.2 Å². The maximum absolute atomic E-state index is 12.2. The van der Waals surface area contributed by atoms with Crippen LogP contribution in [-0.2, 0) is 56.1 Å². The Bertz CT molecular complexity index is 1510. The highest BCUT2D eigenvalue weighted by atomic mass is 32.2. The number of alkyl carbamates (subject to hydrolysis) is 1. The molecule has 0 aromatic heterocycles. The van der Waals surface area contributed by atoms with E-state index >= 15 is 0 Å². The summed E-state index contributed by atoms with van der Waals surface area (Å²) in [6, 6.07) is 10.8. The van der Waals surface area contributed by atoms with Crippen molar-refractivity contribution in [3.8, 4) is 0 Å². The van der Waals surface area contributed by atoms with E-state index < -0.39 is 56.8 Å². The highest BCUT2D eigenvalue weighted by Crippen LogP contribution is 2.16.